The number of anilines is 2. The summed E-state index contributed by atoms with van der Waals surface area (Å²) < 4.78 is 4.87. The molecule has 0 unspecified atom stereocenters. The van der Waals surface area contributed by atoms with Crippen LogP contribution in [0.2, 0.25) is 0 Å². The molecular weight excluding hydrogens is 362 g/mol. The monoisotopic (exact) mass is 389 g/mol. The number of piperazine rings is 2. The summed E-state index contributed by atoms with van der Waals surface area (Å²) in [6.45, 7) is 7.60. The largest absolute Gasteiger partial charge is 0.448 e. The molecule has 3 aliphatic heterocycles. The van der Waals surface area contributed by atoms with Crippen LogP contribution in [-0.2, 0) is 9.53 Å². The maximum absolute atomic E-state index is 12.4. The number of ether oxygens (including phenoxy) is 1. The summed E-state index contributed by atoms with van der Waals surface area (Å²) >= 11 is 0. The summed E-state index contributed by atoms with van der Waals surface area (Å²) in [7, 11) is 2.13. The number of hydrogen-bond donors (Lipinski definition) is 0. The first-order chi connectivity index (χ1) is 13.6. The van der Waals surface area contributed by atoms with Crippen molar-refractivity contribution in [1.82, 2.24) is 24.9 Å². The van der Waals surface area contributed by atoms with Gasteiger partial charge in [-0.15, -0.1) is 10.2 Å². The first-order valence-electron chi connectivity index (χ1n) is 9.82. The number of aromatic nitrogens is 2. The molecule has 152 valence electrons. The number of carbonyl (C=O) groups excluding carboxylic acids is 2. The minimum absolute atomic E-state index is 0.0324. The van der Waals surface area contributed by atoms with Gasteiger partial charge in [0.15, 0.2) is 11.6 Å². The molecule has 4 rings (SSSR count). The van der Waals surface area contributed by atoms with Crippen LogP contribution in [0.4, 0.5) is 16.4 Å². The van der Waals surface area contributed by atoms with Crippen LogP contribution in [0.15, 0.2) is 12.1 Å². The third-order valence-electron chi connectivity index (χ3n) is 5.59. The highest BCUT2D eigenvalue weighted by Gasteiger charge is 2.28. The van der Waals surface area contributed by atoms with Crippen molar-refractivity contribution in [3.05, 3.63) is 12.1 Å². The standard InChI is InChI=1S/C18H27N7O3/c1-21-4-6-22(7-5-21)15-2-3-16(20-19-15)23-8-10-24(11-9-23)17(26)14-25-12-13-28-18(25)27/h2-3H,4-14H2,1H3. The van der Waals surface area contributed by atoms with E-state index in [2.05, 4.69) is 31.9 Å². The number of hydrogen-bond acceptors (Lipinski definition) is 8. The van der Waals surface area contributed by atoms with E-state index in [1.807, 2.05) is 12.1 Å². The number of cyclic esters (lactones) is 1. The Hall–Kier alpha value is -2.62. The van der Waals surface area contributed by atoms with Crippen LogP contribution in [0.1, 0.15) is 0 Å². The molecule has 10 nitrogen and oxygen atoms in total. The van der Waals surface area contributed by atoms with Gasteiger partial charge in [-0.2, -0.15) is 0 Å². The fraction of sp³-hybridized carbons (Fsp3) is 0.667. The molecule has 1 aromatic rings. The van der Waals surface area contributed by atoms with E-state index < -0.39 is 6.09 Å². The van der Waals surface area contributed by atoms with E-state index in [9.17, 15) is 9.59 Å². The molecular formula is C18H27N7O3. The molecule has 10 heteroatoms. The van der Waals surface area contributed by atoms with Gasteiger partial charge in [0.2, 0.25) is 5.91 Å². The Morgan fingerprint density at radius 3 is 2.00 bits per heavy atom. The zero-order valence-corrected chi connectivity index (χ0v) is 16.3. The molecule has 0 spiro atoms. The van der Waals surface area contributed by atoms with Crippen molar-refractivity contribution in [2.75, 3.05) is 88.9 Å². The lowest BCUT2D eigenvalue weighted by molar-refractivity contribution is -0.132. The maximum atomic E-state index is 12.4. The van der Waals surface area contributed by atoms with Crippen LogP contribution in [0.3, 0.4) is 0 Å². The van der Waals surface area contributed by atoms with E-state index in [4.69, 9.17) is 4.74 Å². The predicted molar refractivity (Wildman–Crippen MR) is 103 cm³/mol. The first-order valence-corrected chi connectivity index (χ1v) is 9.82. The molecule has 0 N–H and O–H groups in total. The summed E-state index contributed by atoms with van der Waals surface area (Å²) in [4.78, 5) is 33.9. The van der Waals surface area contributed by atoms with E-state index >= 15 is 0 Å². The molecule has 0 aliphatic carbocycles. The molecule has 1 aromatic heterocycles. The fourth-order valence-electron chi connectivity index (χ4n) is 3.71. The van der Waals surface area contributed by atoms with Crippen molar-refractivity contribution in [2.45, 2.75) is 0 Å². The van der Waals surface area contributed by atoms with Crippen molar-refractivity contribution in [1.29, 1.82) is 0 Å². The van der Waals surface area contributed by atoms with E-state index in [0.29, 0.717) is 39.3 Å². The third-order valence-corrected chi connectivity index (χ3v) is 5.59. The zero-order chi connectivity index (χ0) is 19.5. The van der Waals surface area contributed by atoms with E-state index in [0.717, 1.165) is 37.8 Å². The van der Waals surface area contributed by atoms with Crippen molar-refractivity contribution in [2.24, 2.45) is 0 Å². The molecule has 3 aliphatic rings. The molecule has 0 radical (unpaired) electrons. The minimum Gasteiger partial charge on any atom is -0.448 e. The molecule has 0 bridgehead atoms. The van der Waals surface area contributed by atoms with Crippen LogP contribution < -0.4 is 9.80 Å². The fourth-order valence-corrected chi connectivity index (χ4v) is 3.71. The van der Waals surface area contributed by atoms with Gasteiger partial charge in [-0.05, 0) is 19.2 Å². The molecule has 3 fully saturated rings. The van der Waals surface area contributed by atoms with E-state index in [-0.39, 0.29) is 12.5 Å². The van der Waals surface area contributed by atoms with Crippen LogP contribution >= 0.6 is 0 Å². The number of nitrogens with zero attached hydrogens (tertiary/aromatic N) is 7. The summed E-state index contributed by atoms with van der Waals surface area (Å²) in [6.07, 6.45) is -0.400. The Bertz CT molecular complexity index is 698. The zero-order valence-electron chi connectivity index (χ0n) is 16.3. The van der Waals surface area contributed by atoms with Gasteiger partial charge in [0.25, 0.3) is 0 Å². The van der Waals surface area contributed by atoms with Crippen LogP contribution in [-0.4, -0.2) is 116 Å². The maximum Gasteiger partial charge on any atom is 0.410 e. The van der Waals surface area contributed by atoms with Gasteiger partial charge in [-0.3, -0.25) is 9.69 Å². The van der Waals surface area contributed by atoms with Gasteiger partial charge in [0.1, 0.15) is 13.2 Å². The molecule has 3 saturated heterocycles. The van der Waals surface area contributed by atoms with Crippen LogP contribution in [0, 0.1) is 0 Å². The van der Waals surface area contributed by atoms with Crippen molar-refractivity contribution in [3.8, 4) is 0 Å². The van der Waals surface area contributed by atoms with Crippen molar-refractivity contribution >= 4 is 23.6 Å². The lowest BCUT2D eigenvalue weighted by Crippen LogP contribution is -2.51. The molecule has 0 saturated carbocycles. The highest BCUT2D eigenvalue weighted by molar-refractivity contribution is 5.83. The van der Waals surface area contributed by atoms with Gasteiger partial charge < -0.3 is 24.3 Å². The van der Waals surface area contributed by atoms with Crippen LogP contribution in [0.5, 0.6) is 0 Å². The molecule has 0 atom stereocenters. The average Bonchev–Trinajstić information content (AvgIpc) is 3.13. The number of carbonyl (C=O) groups is 2. The summed E-state index contributed by atoms with van der Waals surface area (Å²) in [6, 6.07) is 4.04. The normalized spacial score (nSPS) is 21.2. The predicted octanol–water partition coefficient (Wildman–Crippen LogP) is -0.671. The molecule has 28 heavy (non-hydrogen) atoms. The van der Waals surface area contributed by atoms with Gasteiger partial charge in [0.05, 0.1) is 6.54 Å². The van der Waals surface area contributed by atoms with E-state index in [1.165, 1.54) is 4.90 Å². The Kier molecular flexibility index (Phi) is 5.47. The first kappa shape index (κ1) is 18.7. The highest BCUT2D eigenvalue weighted by Crippen LogP contribution is 2.18. The van der Waals surface area contributed by atoms with Gasteiger partial charge in [0, 0.05) is 52.4 Å². The Morgan fingerprint density at radius 2 is 1.50 bits per heavy atom. The second kappa shape index (κ2) is 8.17. The summed E-state index contributed by atoms with van der Waals surface area (Å²) in [5.74, 6) is 1.73. The summed E-state index contributed by atoms with van der Waals surface area (Å²) in [5, 5.41) is 8.82. The number of rotatable bonds is 4. The lowest BCUT2D eigenvalue weighted by Gasteiger charge is -2.36. The topological polar surface area (TPSA) is 85.4 Å². The minimum atomic E-state index is -0.400. The van der Waals surface area contributed by atoms with Crippen molar-refractivity contribution in [3.63, 3.8) is 0 Å². The molecule has 2 amide bonds. The van der Waals surface area contributed by atoms with Gasteiger partial charge >= 0.3 is 6.09 Å². The van der Waals surface area contributed by atoms with Gasteiger partial charge in [-0.25, -0.2) is 4.79 Å². The SMILES string of the molecule is CN1CCN(c2ccc(N3CCN(C(=O)CN4CCOC4=O)CC3)nn2)CC1. The smallest absolute Gasteiger partial charge is 0.410 e. The second-order valence-electron chi connectivity index (χ2n) is 7.44. The number of amides is 2. The Balaban J connectivity index is 1.27. The lowest BCUT2D eigenvalue weighted by atomic mass is 10.3. The number of likely N-dealkylation sites (N-methyl/N-ethyl adjacent to an activating group) is 1. The third kappa shape index (κ3) is 4.11. The Morgan fingerprint density at radius 1 is 0.929 bits per heavy atom. The van der Waals surface area contributed by atoms with E-state index in [1.54, 1.807) is 4.90 Å². The quantitative estimate of drug-likeness (QED) is 0.670. The van der Waals surface area contributed by atoms with Crippen LogP contribution in [0.25, 0.3) is 0 Å². The average molecular weight is 389 g/mol. The highest BCUT2D eigenvalue weighted by atomic mass is 16.6. The summed E-state index contributed by atoms with van der Waals surface area (Å²) in [5.41, 5.74) is 0. The van der Waals surface area contributed by atoms with Gasteiger partial charge in [-0.1, -0.05) is 0 Å². The molecule has 0 aromatic carbocycles. The molecule has 4 heterocycles. The Labute approximate surface area is 164 Å². The second-order valence-corrected chi connectivity index (χ2v) is 7.44. The van der Waals surface area contributed by atoms with Crippen molar-refractivity contribution < 1.29 is 14.3 Å².